The number of rotatable bonds is 5. The number of nitrogens with one attached hydrogen (secondary N) is 1. The first-order chi connectivity index (χ1) is 8.70. The summed E-state index contributed by atoms with van der Waals surface area (Å²) >= 11 is 1.80. The molecule has 1 aliphatic heterocycles. The SMILES string of the molecule is CCCNC1CCN(C(C)c2nc(C)cs2)CC1. The van der Waals surface area contributed by atoms with Gasteiger partial charge in [-0.2, -0.15) is 0 Å². The fourth-order valence-corrected chi connectivity index (χ4v) is 3.45. The molecular formula is C14H25N3S. The molecule has 0 saturated carbocycles. The Morgan fingerprint density at radius 1 is 1.50 bits per heavy atom. The molecule has 1 aromatic rings. The number of aromatic nitrogens is 1. The molecule has 0 bridgehead atoms. The van der Waals surface area contributed by atoms with Crippen LogP contribution in [0.15, 0.2) is 5.38 Å². The van der Waals surface area contributed by atoms with Crippen LogP contribution in [0.4, 0.5) is 0 Å². The van der Waals surface area contributed by atoms with Gasteiger partial charge in [-0.1, -0.05) is 6.92 Å². The second kappa shape index (κ2) is 6.64. The topological polar surface area (TPSA) is 28.2 Å². The third kappa shape index (κ3) is 3.53. The summed E-state index contributed by atoms with van der Waals surface area (Å²) in [4.78, 5) is 7.19. The number of aryl methyl sites for hydroxylation is 1. The van der Waals surface area contributed by atoms with E-state index in [1.165, 1.54) is 37.4 Å². The van der Waals surface area contributed by atoms with E-state index >= 15 is 0 Å². The second-order valence-corrected chi connectivity index (χ2v) is 6.16. The van der Waals surface area contributed by atoms with E-state index in [1.807, 2.05) is 0 Å². The molecule has 2 heterocycles. The van der Waals surface area contributed by atoms with Gasteiger partial charge in [0.1, 0.15) is 5.01 Å². The van der Waals surface area contributed by atoms with Crippen LogP contribution >= 0.6 is 11.3 Å². The van der Waals surface area contributed by atoms with E-state index in [1.54, 1.807) is 11.3 Å². The Kier molecular flexibility index (Phi) is 5.15. The molecule has 102 valence electrons. The Morgan fingerprint density at radius 3 is 2.78 bits per heavy atom. The van der Waals surface area contributed by atoms with E-state index in [9.17, 15) is 0 Å². The van der Waals surface area contributed by atoms with Crippen molar-refractivity contribution < 1.29 is 0 Å². The van der Waals surface area contributed by atoms with Crippen LogP contribution in [0, 0.1) is 6.92 Å². The highest BCUT2D eigenvalue weighted by molar-refractivity contribution is 7.09. The Labute approximate surface area is 115 Å². The van der Waals surface area contributed by atoms with Gasteiger partial charge in [-0.25, -0.2) is 4.98 Å². The minimum Gasteiger partial charge on any atom is -0.314 e. The van der Waals surface area contributed by atoms with Crippen LogP contribution in [-0.4, -0.2) is 35.6 Å². The molecule has 1 unspecified atom stereocenters. The third-order valence-corrected chi connectivity index (χ3v) is 4.89. The molecule has 0 spiro atoms. The lowest BCUT2D eigenvalue weighted by Gasteiger charge is -2.35. The average Bonchev–Trinajstić information content (AvgIpc) is 2.83. The summed E-state index contributed by atoms with van der Waals surface area (Å²) in [7, 11) is 0. The van der Waals surface area contributed by atoms with Crippen molar-refractivity contribution in [3.63, 3.8) is 0 Å². The lowest BCUT2D eigenvalue weighted by atomic mass is 10.0. The molecule has 0 aliphatic carbocycles. The summed E-state index contributed by atoms with van der Waals surface area (Å²) in [6.45, 7) is 10.1. The molecule has 1 atom stereocenters. The number of hydrogen-bond donors (Lipinski definition) is 1. The van der Waals surface area contributed by atoms with Crippen LogP contribution in [0.25, 0.3) is 0 Å². The average molecular weight is 267 g/mol. The molecule has 1 fully saturated rings. The lowest BCUT2D eigenvalue weighted by molar-refractivity contribution is 0.152. The number of nitrogens with zero attached hydrogens (tertiary/aromatic N) is 2. The Balaban J connectivity index is 1.82. The smallest absolute Gasteiger partial charge is 0.110 e. The van der Waals surface area contributed by atoms with Crippen molar-refractivity contribution in [1.29, 1.82) is 0 Å². The van der Waals surface area contributed by atoms with Crippen molar-refractivity contribution in [2.75, 3.05) is 19.6 Å². The molecule has 18 heavy (non-hydrogen) atoms. The summed E-state index contributed by atoms with van der Waals surface area (Å²) in [5.74, 6) is 0. The maximum Gasteiger partial charge on any atom is 0.110 e. The first-order valence-electron chi connectivity index (χ1n) is 7.10. The first kappa shape index (κ1) is 14.0. The molecule has 1 aliphatic rings. The van der Waals surface area contributed by atoms with Gasteiger partial charge in [0, 0.05) is 30.2 Å². The Bertz CT molecular complexity index is 356. The molecule has 0 amide bonds. The molecule has 1 N–H and O–H groups in total. The van der Waals surface area contributed by atoms with Gasteiger partial charge in [0.05, 0.1) is 6.04 Å². The van der Waals surface area contributed by atoms with E-state index in [-0.39, 0.29) is 0 Å². The van der Waals surface area contributed by atoms with Crippen LogP contribution in [0.5, 0.6) is 0 Å². The quantitative estimate of drug-likeness (QED) is 0.889. The number of thiazole rings is 1. The van der Waals surface area contributed by atoms with Gasteiger partial charge in [0.15, 0.2) is 0 Å². The van der Waals surface area contributed by atoms with Crippen LogP contribution in [0.3, 0.4) is 0 Å². The zero-order chi connectivity index (χ0) is 13.0. The highest BCUT2D eigenvalue weighted by Crippen LogP contribution is 2.26. The molecule has 1 aromatic heterocycles. The Hall–Kier alpha value is -0.450. The third-order valence-electron chi connectivity index (χ3n) is 3.75. The van der Waals surface area contributed by atoms with Crippen LogP contribution in [0.1, 0.15) is 49.9 Å². The summed E-state index contributed by atoms with van der Waals surface area (Å²) < 4.78 is 0. The van der Waals surface area contributed by atoms with E-state index < -0.39 is 0 Å². The molecule has 3 nitrogen and oxygen atoms in total. The monoisotopic (exact) mass is 267 g/mol. The van der Waals surface area contributed by atoms with Gasteiger partial charge >= 0.3 is 0 Å². The van der Waals surface area contributed by atoms with Crippen molar-refractivity contribution in [2.45, 2.75) is 52.1 Å². The van der Waals surface area contributed by atoms with Gasteiger partial charge in [-0.05, 0) is 39.7 Å². The zero-order valence-electron chi connectivity index (χ0n) is 11.8. The van der Waals surface area contributed by atoms with E-state index in [0.29, 0.717) is 6.04 Å². The van der Waals surface area contributed by atoms with E-state index in [0.717, 1.165) is 18.3 Å². The molecule has 1 saturated heterocycles. The van der Waals surface area contributed by atoms with Crippen molar-refractivity contribution in [1.82, 2.24) is 15.2 Å². The summed E-state index contributed by atoms with van der Waals surface area (Å²) in [5, 5.41) is 7.06. The minimum absolute atomic E-state index is 0.482. The van der Waals surface area contributed by atoms with Gasteiger partial charge in [-0.15, -0.1) is 11.3 Å². The number of piperidine rings is 1. The second-order valence-electron chi connectivity index (χ2n) is 5.27. The van der Waals surface area contributed by atoms with Gasteiger partial charge in [-0.3, -0.25) is 4.90 Å². The van der Waals surface area contributed by atoms with Crippen LogP contribution in [-0.2, 0) is 0 Å². The van der Waals surface area contributed by atoms with Crippen LogP contribution < -0.4 is 5.32 Å². The van der Waals surface area contributed by atoms with Crippen LogP contribution in [0.2, 0.25) is 0 Å². The molecule has 2 rings (SSSR count). The number of hydrogen-bond acceptors (Lipinski definition) is 4. The van der Waals surface area contributed by atoms with E-state index in [4.69, 9.17) is 0 Å². The predicted octanol–water partition coefficient (Wildman–Crippen LogP) is 2.98. The molecule has 0 radical (unpaired) electrons. The van der Waals surface area contributed by atoms with Gasteiger partial charge < -0.3 is 5.32 Å². The minimum atomic E-state index is 0.482. The normalized spacial score (nSPS) is 20.2. The fourth-order valence-electron chi connectivity index (χ4n) is 2.56. The summed E-state index contributed by atoms with van der Waals surface area (Å²) in [5.41, 5.74) is 1.15. The maximum atomic E-state index is 4.62. The standard InChI is InChI=1S/C14H25N3S/c1-4-7-15-13-5-8-17(9-6-13)12(3)14-16-11(2)10-18-14/h10,12-13,15H,4-9H2,1-3H3. The molecular weight excluding hydrogens is 242 g/mol. The van der Waals surface area contributed by atoms with Gasteiger partial charge in [0.2, 0.25) is 0 Å². The Morgan fingerprint density at radius 2 is 2.22 bits per heavy atom. The predicted molar refractivity (Wildman–Crippen MR) is 78.2 cm³/mol. The zero-order valence-corrected chi connectivity index (χ0v) is 12.6. The van der Waals surface area contributed by atoms with E-state index in [2.05, 4.69) is 41.4 Å². The molecule has 4 heteroatoms. The highest BCUT2D eigenvalue weighted by atomic mass is 32.1. The van der Waals surface area contributed by atoms with Gasteiger partial charge in [0.25, 0.3) is 0 Å². The largest absolute Gasteiger partial charge is 0.314 e. The lowest BCUT2D eigenvalue weighted by Crippen LogP contribution is -2.43. The van der Waals surface area contributed by atoms with Crippen molar-refractivity contribution in [3.05, 3.63) is 16.1 Å². The first-order valence-corrected chi connectivity index (χ1v) is 7.98. The number of likely N-dealkylation sites (tertiary alicyclic amines) is 1. The van der Waals surface area contributed by atoms with Crippen molar-refractivity contribution >= 4 is 11.3 Å². The highest BCUT2D eigenvalue weighted by Gasteiger charge is 2.24. The maximum absolute atomic E-state index is 4.62. The fraction of sp³-hybridized carbons (Fsp3) is 0.786. The van der Waals surface area contributed by atoms with Crippen molar-refractivity contribution in [3.8, 4) is 0 Å². The molecule has 0 aromatic carbocycles. The van der Waals surface area contributed by atoms with Crippen molar-refractivity contribution in [2.24, 2.45) is 0 Å². The summed E-state index contributed by atoms with van der Waals surface area (Å²) in [6.07, 6.45) is 3.78. The summed E-state index contributed by atoms with van der Waals surface area (Å²) in [6, 6.07) is 1.21.